The van der Waals surface area contributed by atoms with Crippen LogP contribution in [0.1, 0.15) is 49.1 Å². The fourth-order valence-electron chi connectivity index (χ4n) is 2.49. The van der Waals surface area contributed by atoms with E-state index < -0.39 is 0 Å². The molecule has 0 spiro atoms. The molecule has 134 valence electrons. The average Bonchev–Trinajstić information content (AvgIpc) is 2.63. The van der Waals surface area contributed by atoms with Crippen molar-refractivity contribution in [2.75, 3.05) is 6.61 Å². The highest BCUT2D eigenvalue weighted by molar-refractivity contribution is 5.46. The molecule has 0 amide bonds. The first-order valence-electron chi connectivity index (χ1n) is 8.99. The Bertz CT molecular complexity index is 612. The van der Waals surface area contributed by atoms with E-state index in [-0.39, 0.29) is 6.10 Å². The summed E-state index contributed by atoms with van der Waals surface area (Å²) in [4.78, 5) is 8.29. The third kappa shape index (κ3) is 8.57. The molecular weight excluding hydrogens is 312 g/mol. The zero-order valence-electron chi connectivity index (χ0n) is 15.0. The molecule has 0 unspecified atom stereocenters. The molecular formula is C21H28N2O2. The largest absolute Gasteiger partial charge is 0.393 e. The number of hydrogen-bond acceptors (Lipinski definition) is 4. The molecule has 0 aliphatic carbocycles. The van der Waals surface area contributed by atoms with Gasteiger partial charge in [0.1, 0.15) is 5.82 Å². The van der Waals surface area contributed by atoms with Gasteiger partial charge in [-0.3, -0.25) is 0 Å². The first-order valence-corrected chi connectivity index (χ1v) is 8.99. The van der Waals surface area contributed by atoms with E-state index in [4.69, 9.17) is 4.74 Å². The summed E-state index contributed by atoms with van der Waals surface area (Å²) < 4.78 is 5.66. The van der Waals surface area contributed by atoms with E-state index >= 15 is 0 Å². The van der Waals surface area contributed by atoms with Crippen LogP contribution in [0.3, 0.4) is 0 Å². The Morgan fingerprint density at radius 1 is 1.08 bits per heavy atom. The van der Waals surface area contributed by atoms with Crippen molar-refractivity contribution in [1.29, 1.82) is 0 Å². The van der Waals surface area contributed by atoms with Crippen LogP contribution in [-0.4, -0.2) is 27.8 Å². The maximum absolute atomic E-state index is 10.0. The Hall–Kier alpha value is -2.04. The van der Waals surface area contributed by atoms with Gasteiger partial charge in [-0.25, -0.2) is 9.97 Å². The predicted octanol–water partition coefficient (Wildman–Crippen LogP) is 4.33. The van der Waals surface area contributed by atoms with Crippen LogP contribution in [-0.2, 0) is 11.3 Å². The molecule has 2 aromatic rings. The fraction of sp³-hybridized carbons (Fsp3) is 0.429. The maximum atomic E-state index is 10.0. The summed E-state index contributed by atoms with van der Waals surface area (Å²) in [5, 5.41) is 10.0. The van der Waals surface area contributed by atoms with E-state index in [2.05, 4.69) is 22.1 Å². The number of rotatable bonds is 11. The van der Waals surface area contributed by atoms with Crippen LogP contribution in [0.2, 0.25) is 0 Å². The number of benzene rings is 1. The van der Waals surface area contributed by atoms with Crippen molar-refractivity contribution in [2.45, 2.75) is 51.7 Å². The lowest BCUT2D eigenvalue weighted by molar-refractivity contribution is 0.114. The van der Waals surface area contributed by atoms with E-state index in [0.29, 0.717) is 13.0 Å². The predicted molar refractivity (Wildman–Crippen MR) is 101 cm³/mol. The molecule has 0 radical (unpaired) electrons. The molecule has 2 rings (SSSR count). The van der Waals surface area contributed by atoms with Gasteiger partial charge in [-0.15, -0.1) is 0 Å². The fourth-order valence-corrected chi connectivity index (χ4v) is 2.49. The second kappa shape index (κ2) is 11.5. The number of aromatic nitrogens is 2. The Morgan fingerprint density at radius 3 is 2.60 bits per heavy atom. The summed E-state index contributed by atoms with van der Waals surface area (Å²) in [6.45, 7) is 3.32. The molecule has 25 heavy (non-hydrogen) atoms. The number of aliphatic hydroxyl groups excluding tert-OH is 1. The van der Waals surface area contributed by atoms with Crippen molar-refractivity contribution in [3.63, 3.8) is 0 Å². The summed E-state index contributed by atoms with van der Waals surface area (Å²) >= 11 is 0. The number of nitrogens with zero attached hydrogens (tertiary/aromatic N) is 2. The summed E-state index contributed by atoms with van der Waals surface area (Å²) in [5.74, 6) is 0.768. The quantitative estimate of drug-likeness (QED) is 0.619. The lowest BCUT2D eigenvalue weighted by Gasteiger charge is -2.08. The van der Waals surface area contributed by atoms with Gasteiger partial charge in [0.15, 0.2) is 0 Å². The van der Waals surface area contributed by atoms with Gasteiger partial charge in [0, 0.05) is 24.6 Å². The van der Waals surface area contributed by atoms with Crippen LogP contribution < -0.4 is 0 Å². The van der Waals surface area contributed by atoms with E-state index in [1.165, 1.54) is 5.56 Å². The Kier molecular flexibility index (Phi) is 8.87. The van der Waals surface area contributed by atoms with E-state index in [1.54, 1.807) is 12.4 Å². The second-order valence-electron chi connectivity index (χ2n) is 6.24. The van der Waals surface area contributed by atoms with Gasteiger partial charge >= 0.3 is 0 Å². The van der Waals surface area contributed by atoms with Gasteiger partial charge in [-0.1, -0.05) is 55.3 Å². The van der Waals surface area contributed by atoms with Crippen molar-refractivity contribution in [1.82, 2.24) is 9.97 Å². The minimum absolute atomic E-state index is 0.284. The van der Waals surface area contributed by atoms with Gasteiger partial charge in [-0.05, 0) is 31.7 Å². The summed E-state index contributed by atoms with van der Waals surface area (Å²) in [6.07, 6.45) is 11.9. The molecule has 0 fully saturated rings. The van der Waals surface area contributed by atoms with Crippen molar-refractivity contribution in [3.05, 3.63) is 65.8 Å². The average molecular weight is 340 g/mol. The topological polar surface area (TPSA) is 55.2 Å². The molecule has 1 aromatic carbocycles. The maximum Gasteiger partial charge on any atom is 0.125 e. The first kappa shape index (κ1) is 19.3. The van der Waals surface area contributed by atoms with Gasteiger partial charge in [0.2, 0.25) is 0 Å². The summed E-state index contributed by atoms with van der Waals surface area (Å²) in [5.41, 5.74) is 2.18. The third-order valence-corrected chi connectivity index (χ3v) is 3.96. The number of aliphatic hydroxyl groups is 1. The molecule has 4 nitrogen and oxygen atoms in total. The minimum atomic E-state index is -0.284. The highest BCUT2D eigenvalue weighted by atomic mass is 16.5. The van der Waals surface area contributed by atoms with E-state index in [9.17, 15) is 5.11 Å². The van der Waals surface area contributed by atoms with E-state index in [0.717, 1.165) is 43.7 Å². The van der Waals surface area contributed by atoms with Crippen molar-refractivity contribution in [2.24, 2.45) is 0 Å². The van der Waals surface area contributed by atoms with Crippen molar-refractivity contribution in [3.8, 4) is 0 Å². The molecule has 1 aromatic heterocycles. The lowest BCUT2D eigenvalue weighted by atomic mass is 10.1. The number of aryl methyl sites for hydroxylation is 1. The van der Waals surface area contributed by atoms with Gasteiger partial charge in [-0.2, -0.15) is 0 Å². The lowest BCUT2D eigenvalue weighted by Crippen LogP contribution is -2.04. The monoisotopic (exact) mass is 340 g/mol. The molecule has 0 bridgehead atoms. The number of ether oxygens (including phenoxy) is 1. The van der Waals surface area contributed by atoms with Crippen LogP contribution in [0.15, 0.2) is 48.8 Å². The molecule has 1 N–H and O–H groups in total. The third-order valence-electron chi connectivity index (χ3n) is 3.96. The van der Waals surface area contributed by atoms with Crippen LogP contribution >= 0.6 is 0 Å². The van der Waals surface area contributed by atoms with Crippen LogP contribution in [0.5, 0.6) is 0 Å². The Labute approximate surface area is 150 Å². The molecule has 4 heteroatoms. The number of unbranched alkanes of at least 4 members (excludes halogenated alkanes) is 2. The summed E-state index contributed by atoms with van der Waals surface area (Å²) in [6, 6.07) is 10.2. The smallest absolute Gasteiger partial charge is 0.125 e. The van der Waals surface area contributed by atoms with Crippen molar-refractivity contribution >= 4 is 6.08 Å². The summed E-state index contributed by atoms with van der Waals surface area (Å²) in [7, 11) is 0. The van der Waals surface area contributed by atoms with Crippen LogP contribution in [0.4, 0.5) is 0 Å². The van der Waals surface area contributed by atoms with Gasteiger partial charge < -0.3 is 9.84 Å². The molecule has 1 heterocycles. The van der Waals surface area contributed by atoms with Gasteiger partial charge in [0.25, 0.3) is 0 Å². The molecule has 0 saturated carbocycles. The molecule has 0 aliphatic rings. The SMILES string of the molecule is Cc1ncc(/C=C/C[C@H](O)CCCCCOCc2ccccc2)cn1. The first-order chi connectivity index (χ1) is 12.2. The highest BCUT2D eigenvalue weighted by Gasteiger charge is 2.01. The van der Waals surface area contributed by atoms with Crippen LogP contribution in [0.25, 0.3) is 6.08 Å². The standard InChI is InChI=1S/C21H28N2O2/c1-18-22-15-20(16-23-18)11-8-13-21(24)12-6-3-7-14-25-17-19-9-4-2-5-10-19/h2,4-5,8-11,15-16,21,24H,3,6-7,12-14,17H2,1H3/b11-8+/t21-/m1/s1. The molecule has 0 saturated heterocycles. The molecule has 0 aliphatic heterocycles. The van der Waals surface area contributed by atoms with Gasteiger partial charge in [0.05, 0.1) is 12.7 Å². The van der Waals surface area contributed by atoms with Crippen LogP contribution in [0, 0.1) is 6.92 Å². The number of hydrogen-bond donors (Lipinski definition) is 1. The zero-order valence-corrected chi connectivity index (χ0v) is 15.0. The highest BCUT2D eigenvalue weighted by Crippen LogP contribution is 2.09. The van der Waals surface area contributed by atoms with E-state index in [1.807, 2.05) is 37.3 Å². The minimum Gasteiger partial charge on any atom is -0.393 e. The normalized spacial score (nSPS) is 12.6. The Balaban J connectivity index is 1.48. The molecule has 1 atom stereocenters. The van der Waals surface area contributed by atoms with Crippen molar-refractivity contribution < 1.29 is 9.84 Å². The Morgan fingerprint density at radius 2 is 1.84 bits per heavy atom. The zero-order chi connectivity index (χ0) is 17.7. The second-order valence-corrected chi connectivity index (χ2v) is 6.24.